The molecule has 0 saturated carbocycles. The molecule has 0 fully saturated rings. The standard InChI is InChI=1S/C21H14BrN3OS/c1-13-5-3-6-14(2)19(13)25-20(26)18(27-21(25)16(11-23)12-24)10-15-7-4-8-17(22)9-15/h3-10H,1-2H3/b18-10-. The Balaban J connectivity index is 2.47. The maximum absolute atomic E-state index is 13.2. The minimum Gasteiger partial charge on any atom is -0.267 e. The molecule has 3 rings (SSSR count). The van der Waals surface area contributed by atoms with Gasteiger partial charge in [0.2, 0.25) is 0 Å². The minimum atomic E-state index is -0.240. The molecule has 0 N–H and O–H groups in total. The van der Waals surface area contributed by atoms with E-state index in [9.17, 15) is 15.3 Å². The summed E-state index contributed by atoms with van der Waals surface area (Å²) in [7, 11) is 0. The summed E-state index contributed by atoms with van der Waals surface area (Å²) >= 11 is 4.58. The molecule has 1 heterocycles. The average molecular weight is 436 g/mol. The number of thiazole rings is 1. The molecule has 6 heteroatoms. The number of para-hydroxylation sites is 1. The molecular formula is C21H14BrN3OS. The van der Waals surface area contributed by atoms with Crippen molar-refractivity contribution in [2.75, 3.05) is 0 Å². The van der Waals surface area contributed by atoms with Crippen molar-refractivity contribution in [1.82, 2.24) is 4.57 Å². The minimum absolute atomic E-state index is 0.0753. The van der Waals surface area contributed by atoms with Crippen LogP contribution >= 0.6 is 27.3 Å². The molecule has 0 atom stereocenters. The smallest absolute Gasteiger partial charge is 0.267 e. The summed E-state index contributed by atoms with van der Waals surface area (Å²) in [5, 5.41) is 18.8. The zero-order valence-corrected chi connectivity index (χ0v) is 17.1. The highest BCUT2D eigenvalue weighted by Crippen LogP contribution is 2.16. The fraction of sp³-hybridized carbons (Fsp3) is 0.0952. The Hall–Kier alpha value is -2.93. The summed E-state index contributed by atoms with van der Waals surface area (Å²) in [6.07, 6.45) is 1.78. The number of rotatable bonds is 2. The molecule has 27 heavy (non-hydrogen) atoms. The first-order valence-corrected chi connectivity index (χ1v) is 9.67. The van der Waals surface area contributed by atoms with E-state index in [2.05, 4.69) is 15.9 Å². The van der Waals surface area contributed by atoms with Crippen molar-refractivity contribution in [2.45, 2.75) is 13.8 Å². The number of aromatic nitrogens is 1. The van der Waals surface area contributed by atoms with Crippen LogP contribution in [0.4, 0.5) is 0 Å². The molecule has 0 bridgehead atoms. The highest BCUT2D eigenvalue weighted by Gasteiger charge is 2.14. The molecule has 0 aliphatic heterocycles. The molecule has 0 saturated heterocycles. The summed E-state index contributed by atoms with van der Waals surface area (Å²) in [5.41, 5.74) is 3.06. The zero-order chi connectivity index (χ0) is 19.6. The molecule has 4 nitrogen and oxygen atoms in total. The van der Waals surface area contributed by atoms with Gasteiger partial charge < -0.3 is 0 Å². The third kappa shape index (κ3) is 3.64. The number of aryl methyl sites for hydroxylation is 2. The molecule has 1 aromatic heterocycles. The Morgan fingerprint density at radius 2 is 1.74 bits per heavy atom. The summed E-state index contributed by atoms with van der Waals surface area (Å²) < 4.78 is 3.21. The summed E-state index contributed by atoms with van der Waals surface area (Å²) in [6, 6.07) is 17.2. The fourth-order valence-electron chi connectivity index (χ4n) is 2.88. The van der Waals surface area contributed by atoms with E-state index in [-0.39, 0.29) is 11.1 Å². The maximum Gasteiger partial charge on any atom is 0.273 e. The molecule has 0 aliphatic carbocycles. The molecule has 0 unspecified atom stereocenters. The lowest BCUT2D eigenvalue weighted by molar-refractivity contribution is 0.962. The highest BCUT2D eigenvalue weighted by molar-refractivity contribution is 9.10. The predicted octanol–water partition coefficient (Wildman–Crippen LogP) is 3.31. The first-order chi connectivity index (χ1) is 13.0. The second-order valence-corrected chi connectivity index (χ2v) is 7.90. The molecule has 0 aliphatic rings. The number of halogens is 1. The van der Waals surface area contributed by atoms with Crippen LogP contribution in [0.2, 0.25) is 0 Å². The lowest BCUT2D eigenvalue weighted by Gasteiger charge is -2.10. The second-order valence-electron chi connectivity index (χ2n) is 5.95. The van der Waals surface area contributed by atoms with E-state index in [0.29, 0.717) is 14.9 Å². The Kier molecular flexibility index (Phi) is 5.41. The van der Waals surface area contributed by atoms with Crippen LogP contribution in [0.15, 0.2) is 51.7 Å². The van der Waals surface area contributed by atoms with Crippen LogP contribution in [0.1, 0.15) is 16.7 Å². The van der Waals surface area contributed by atoms with E-state index in [1.54, 1.807) is 6.08 Å². The van der Waals surface area contributed by atoms with Gasteiger partial charge in [0.25, 0.3) is 5.56 Å². The summed E-state index contributed by atoms with van der Waals surface area (Å²) in [6.45, 7) is 3.82. The largest absolute Gasteiger partial charge is 0.273 e. The van der Waals surface area contributed by atoms with Crippen LogP contribution in [0.5, 0.6) is 0 Å². The molecule has 2 aromatic carbocycles. The predicted molar refractivity (Wildman–Crippen MR) is 111 cm³/mol. The van der Waals surface area contributed by atoms with Crippen molar-refractivity contribution in [3.05, 3.63) is 83.2 Å². The van der Waals surface area contributed by atoms with Gasteiger partial charge in [-0.25, -0.2) is 0 Å². The lowest BCUT2D eigenvalue weighted by Crippen LogP contribution is -2.31. The van der Waals surface area contributed by atoms with Crippen LogP contribution in [-0.4, -0.2) is 4.57 Å². The molecule has 132 valence electrons. The van der Waals surface area contributed by atoms with Crippen LogP contribution in [-0.2, 0) is 0 Å². The Morgan fingerprint density at radius 3 is 2.33 bits per heavy atom. The number of benzene rings is 2. The van der Waals surface area contributed by atoms with Gasteiger partial charge in [0, 0.05) is 4.47 Å². The first kappa shape index (κ1) is 18.8. The highest BCUT2D eigenvalue weighted by atomic mass is 79.9. The SMILES string of the molecule is Cc1cccc(C)c1-n1c(=C(C#N)C#N)s/c(=C\c2cccc(Br)c2)c1=O. The van der Waals surface area contributed by atoms with Gasteiger partial charge in [-0.2, -0.15) is 10.5 Å². The number of nitriles is 2. The van der Waals surface area contributed by atoms with Gasteiger partial charge >= 0.3 is 0 Å². The Bertz CT molecular complexity index is 1270. The van der Waals surface area contributed by atoms with Gasteiger partial charge in [0.05, 0.1) is 10.2 Å². The molecular weight excluding hydrogens is 422 g/mol. The molecule has 3 aromatic rings. The van der Waals surface area contributed by atoms with Crippen LogP contribution in [0.3, 0.4) is 0 Å². The van der Waals surface area contributed by atoms with Gasteiger partial charge in [-0.05, 0) is 48.7 Å². The van der Waals surface area contributed by atoms with Gasteiger partial charge in [-0.15, -0.1) is 11.3 Å². The quantitative estimate of drug-likeness (QED) is 0.619. The van der Waals surface area contributed by atoms with E-state index >= 15 is 0 Å². The van der Waals surface area contributed by atoms with Crippen molar-refractivity contribution in [2.24, 2.45) is 0 Å². The number of nitrogens with zero attached hydrogens (tertiary/aromatic N) is 3. The summed E-state index contributed by atoms with van der Waals surface area (Å²) in [4.78, 5) is 13.2. The molecule has 0 spiro atoms. The number of hydrogen-bond donors (Lipinski definition) is 0. The van der Waals surface area contributed by atoms with Crippen LogP contribution in [0, 0.1) is 36.5 Å². The average Bonchev–Trinajstić information content (AvgIpc) is 2.93. The normalized spacial score (nSPS) is 11.1. The first-order valence-electron chi connectivity index (χ1n) is 8.06. The van der Waals surface area contributed by atoms with Crippen molar-refractivity contribution >= 4 is 38.9 Å². The van der Waals surface area contributed by atoms with Crippen molar-refractivity contribution < 1.29 is 0 Å². The lowest BCUT2D eigenvalue weighted by atomic mass is 10.1. The topological polar surface area (TPSA) is 69.6 Å². The second kappa shape index (κ2) is 7.75. The van der Waals surface area contributed by atoms with E-state index in [1.807, 2.05) is 68.5 Å². The van der Waals surface area contributed by atoms with Crippen molar-refractivity contribution in [3.8, 4) is 17.8 Å². The van der Waals surface area contributed by atoms with Gasteiger partial charge in [-0.1, -0.05) is 46.3 Å². The van der Waals surface area contributed by atoms with E-state index < -0.39 is 0 Å². The molecule has 0 amide bonds. The summed E-state index contributed by atoms with van der Waals surface area (Å²) in [5.74, 6) is 0. The molecule has 0 radical (unpaired) electrons. The fourth-order valence-corrected chi connectivity index (χ4v) is 4.34. The Morgan fingerprint density at radius 1 is 1.11 bits per heavy atom. The third-order valence-corrected chi connectivity index (χ3v) is 5.66. The van der Waals surface area contributed by atoms with Crippen LogP contribution in [0.25, 0.3) is 17.3 Å². The Labute approximate surface area is 168 Å². The zero-order valence-electron chi connectivity index (χ0n) is 14.7. The third-order valence-electron chi connectivity index (χ3n) is 4.07. The monoisotopic (exact) mass is 435 g/mol. The van der Waals surface area contributed by atoms with Crippen LogP contribution < -0.4 is 14.8 Å². The van der Waals surface area contributed by atoms with E-state index in [1.165, 1.54) is 4.57 Å². The maximum atomic E-state index is 13.2. The number of hydrogen-bond acceptors (Lipinski definition) is 4. The van der Waals surface area contributed by atoms with Crippen molar-refractivity contribution in [1.29, 1.82) is 10.5 Å². The van der Waals surface area contributed by atoms with Gasteiger partial charge in [0.15, 0.2) is 5.57 Å². The van der Waals surface area contributed by atoms with E-state index in [0.717, 1.165) is 32.5 Å². The van der Waals surface area contributed by atoms with Crippen molar-refractivity contribution in [3.63, 3.8) is 0 Å². The van der Waals surface area contributed by atoms with Gasteiger partial charge in [0.1, 0.15) is 16.8 Å². The van der Waals surface area contributed by atoms with E-state index in [4.69, 9.17) is 0 Å². The van der Waals surface area contributed by atoms with Gasteiger partial charge in [-0.3, -0.25) is 9.36 Å².